The normalized spacial score (nSPS) is 41.5. The Morgan fingerprint density at radius 2 is 1.87 bits per heavy atom. The minimum atomic E-state index is -0.133. The summed E-state index contributed by atoms with van der Waals surface area (Å²) in [6.45, 7) is 11.5. The fourth-order valence-electron chi connectivity index (χ4n) is 10.1. The Balaban J connectivity index is 1.18. The van der Waals surface area contributed by atoms with E-state index in [-0.39, 0.29) is 24.1 Å². The summed E-state index contributed by atoms with van der Waals surface area (Å²) in [6, 6.07) is 0.0979. The van der Waals surface area contributed by atoms with Crippen LogP contribution in [0.25, 0.3) is 0 Å². The van der Waals surface area contributed by atoms with Gasteiger partial charge < -0.3 is 19.8 Å². The molecule has 3 amide bonds. The van der Waals surface area contributed by atoms with Crippen LogP contribution in [0.1, 0.15) is 91.9 Å². The van der Waals surface area contributed by atoms with E-state index in [2.05, 4.69) is 33.8 Å². The Morgan fingerprint density at radius 3 is 2.58 bits per heavy atom. The van der Waals surface area contributed by atoms with Crippen molar-refractivity contribution in [2.75, 3.05) is 33.7 Å². The second kappa shape index (κ2) is 10.4. The fourth-order valence-corrected chi connectivity index (χ4v) is 10.1. The van der Waals surface area contributed by atoms with Gasteiger partial charge in [0, 0.05) is 46.2 Å². The van der Waals surface area contributed by atoms with E-state index < -0.39 is 0 Å². The van der Waals surface area contributed by atoms with Crippen molar-refractivity contribution in [3.63, 3.8) is 0 Å². The molecule has 0 bridgehead atoms. The summed E-state index contributed by atoms with van der Waals surface area (Å²) in [5, 5.41) is 10.3. The molecule has 6 nitrogen and oxygen atoms in total. The van der Waals surface area contributed by atoms with Gasteiger partial charge in [0.1, 0.15) is 0 Å². The highest BCUT2D eigenvalue weighted by Crippen LogP contribution is 2.67. The summed E-state index contributed by atoms with van der Waals surface area (Å²) in [5.74, 6) is 3.91. The Bertz CT molecular complexity index is 948. The molecule has 4 aliphatic carbocycles. The van der Waals surface area contributed by atoms with Crippen LogP contribution >= 0.6 is 0 Å². The summed E-state index contributed by atoms with van der Waals surface area (Å²) in [5.41, 5.74) is 2.26. The lowest BCUT2D eigenvalue weighted by atomic mass is 9.47. The quantitative estimate of drug-likeness (QED) is 0.487. The molecule has 0 unspecified atom stereocenters. The topological polar surface area (TPSA) is 64.1 Å². The monoisotopic (exact) mass is 527 g/mol. The zero-order valence-corrected chi connectivity index (χ0v) is 24.9. The van der Waals surface area contributed by atoms with Crippen LogP contribution in [-0.4, -0.2) is 77.6 Å². The van der Waals surface area contributed by atoms with E-state index in [1.54, 1.807) is 24.6 Å². The fraction of sp³-hybridized carbons (Fsp3) is 0.875. The van der Waals surface area contributed by atoms with Crippen molar-refractivity contribution in [1.82, 2.24) is 14.7 Å². The van der Waals surface area contributed by atoms with Crippen molar-refractivity contribution in [2.24, 2.45) is 40.4 Å². The second-order valence-corrected chi connectivity index (χ2v) is 14.5. The lowest BCUT2D eigenvalue weighted by molar-refractivity contribution is -0.134. The first-order valence-electron chi connectivity index (χ1n) is 15.6. The molecule has 5 rings (SSSR count). The number of rotatable bonds is 4. The van der Waals surface area contributed by atoms with Crippen LogP contribution in [0.15, 0.2) is 11.6 Å². The third kappa shape index (κ3) is 4.71. The van der Waals surface area contributed by atoms with Crippen LogP contribution < -0.4 is 0 Å². The van der Waals surface area contributed by atoms with Gasteiger partial charge in [0.15, 0.2) is 0 Å². The zero-order chi connectivity index (χ0) is 27.4. The van der Waals surface area contributed by atoms with Gasteiger partial charge in [0.05, 0.1) is 6.10 Å². The maximum Gasteiger partial charge on any atom is 0.319 e. The molecule has 6 heteroatoms. The third-order valence-electron chi connectivity index (χ3n) is 12.3. The lowest BCUT2D eigenvalue weighted by Gasteiger charge is -2.58. The van der Waals surface area contributed by atoms with Crippen LogP contribution in [0.3, 0.4) is 0 Å². The number of piperazine rings is 1. The molecule has 3 saturated carbocycles. The zero-order valence-electron chi connectivity index (χ0n) is 24.9. The summed E-state index contributed by atoms with van der Waals surface area (Å²) >= 11 is 0. The Kier molecular flexibility index (Phi) is 7.69. The SMILES string of the molecule is C[C@H](CCC(=O)N1CCN(C(=O)N(C)C)[C@@H](C)C1)[C@H]1CC[C@H]2[C@@H]3CC=C4C[C@@H](O)CC[C@]4(C)[C@H]3CC[C@]12C. The van der Waals surface area contributed by atoms with Gasteiger partial charge in [-0.1, -0.05) is 32.4 Å². The number of allylic oxidation sites excluding steroid dienone is 1. The summed E-state index contributed by atoms with van der Waals surface area (Å²) in [7, 11) is 3.58. The third-order valence-corrected chi connectivity index (χ3v) is 12.3. The van der Waals surface area contributed by atoms with Gasteiger partial charge >= 0.3 is 6.03 Å². The molecule has 0 aromatic heterocycles. The number of fused-ring (bicyclic) bond motifs is 5. The van der Waals surface area contributed by atoms with Crippen LogP contribution in [0, 0.1) is 40.4 Å². The number of nitrogens with zero attached hydrogens (tertiary/aromatic N) is 3. The molecular weight excluding hydrogens is 474 g/mol. The average molecular weight is 528 g/mol. The number of aliphatic hydroxyl groups excluding tert-OH is 1. The minimum Gasteiger partial charge on any atom is -0.393 e. The number of carbonyl (C=O) groups excluding carboxylic acids is 2. The molecule has 0 aromatic carbocycles. The van der Waals surface area contributed by atoms with Gasteiger partial charge in [-0.2, -0.15) is 0 Å². The van der Waals surface area contributed by atoms with E-state index in [1.807, 2.05) is 9.80 Å². The molecule has 5 aliphatic rings. The molecule has 1 aliphatic heterocycles. The number of hydrogen-bond acceptors (Lipinski definition) is 3. The number of urea groups is 1. The molecular formula is C32H53N3O3. The Labute approximate surface area is 231 Å². The van der Waals surface area contributed by atoms with Gasteiger partial charge in [-0.3, -0.25) is 4.79 Å². The number of amides is 3. The Morgan fingerprint density at radius 1 is 1.11 bits per heavy atom. The predicted octanol–water partition coefficient (Wildman–Crippen LogP) is 5.56. The van der Waals surface area contributed by atoms with Crippen molar-refractivity contribution in [1.29, 1.82) is 0 Å². The maximum absolute atomic E-state index is 13.2. The van der Waals surface area contributed by atoms with Crippen LogP contribution in [0.5, 0.6) is 0 Å². The molecule has 9 atom stereocenters. The predicted molar refractivity (Wildman–Crippen MR) is 151 cm³/mol. The minimum absolute atomic E-state index is 0.0386. The molecule has 0 spiro atoms. The highest BCUT2D eigenvalue weighted by molar-refractivity contribution is 5.78. The van der Waals surface area contributed by atoms with E-state index in [0.717, 1.165) is 43.4 Å². The van der Waals surface area contributed by atoms with E-state index in [4.69, 9.17) is 0 Å². The number of hydrogen-bond donors (Lipinski definition) is 1. The second-order valence-electron chi connectivity index (χ2n) is 14.5. The maximum atomic E-state index is 13.2. The standard InChI is InChI=1S/C32H53N3O3/c1-21(7-12-29(37)34-17-18-35(22(2)20-34)30(38)33(5)6)26-10-11-27-25-9-8-23-19-24(36)13-15-31(23,3)28(25)14-16-32(26,27)4/h8,21-22,24-28,36H,7,9-20H2,1-6H3/t21-,22+,24+,25+,26-,27+,28+,31+,32-/m1/s1. The summed E-state index contributed by atoms with van der Waals surface area (Å²) in [4.78, 5) is 31.1. The van der Waals surface area contributed by atoms with E-state index >= 15 is 0 Å². The van der Waals surface area contributed by atoms with Crippen molar-refractivity contribution in [3.05, 3.63) is 11.6 Å². The largest absolute Gasteiger partial charge is 0.393 e. The van der Waals surface area contributed by atoms with Crippen LogP contribution in [-0.2, 0) is 4.79 Å². The summed E-state index contributed by atoms with van der Waals surface area (Å²) in [6.07, 6.45) is 13.6. The molecule has 1 saturated heterocycles. The van der Waals surface area contributed by atoms with Crippen molar-refractivity contribution in [2.45, 2.75) is 104 Å². The van der Waals surface area contributed by atoms with Crippen LogP contribution in [0.2, 0.25) is 0 Å². The average Bonchev–Trinajstić information content (AvgIpc) is 3.24. The van der Waals surface area contributed by atoms with Gasteiger partial charge in [-0.25, -0.2) is 4.79 Å². The van der Waals surface area contributed by atoms with Crippen molar-refractivity contribution in [3.8, 4) is 0 Å². The first-order chi connectivity index (χ1) is 18.0. The lowest BCUT2D eigenvalue weighted by Crippen LogP contribution is -2.57. The molecule has 4 fully saturated rings. The molecule has 0 aromatic rings. The molecule has 1 heterocycles. The molecule has 38 heavy (non-hydrogen) atoms. The van der Waals surface area contributed by atoms with Crippen molar-refractivity contribution < 1.29 is 14.7 Å². The van der Waals surface area contributed by atoms with Gasteiger partial charge in [-0.05, 0) is 105 Å². The molecule has 214 valence electrons. The smallest absolute Gasteiger partial charge is 0.319 e. The van der Waals surface area contributed by atoms with Crippen LogP contribution in [0.4, 0.5) is 4.79 Å². The Hall–Kier alpha value is -1.56. The number of aliphatic hydroxyl groups is 1. The highest BCUT2D eigenvalue weighted by atomic mass is 16.3. The van der Waals surface area contributed by atoms with E-state index in [1.165, 1.54) is 32.1 Å². The van der Waals surface area contributed by atoms with Crippen molar-refractivity contribution >= 4 is 11.9 Å². The first kappa shape index (κ1) is 28.0. The first-order valence-corrected chi connectivity index (χ1v) is 15.6. The molecule has 0 radical (unpaired) electrons. The van der Waals surface area contributed by atoms with Gasteiger partial charge in [-0.15, -0.1) is 0 Å². The highest BCUT2D eigenvalue weighted by Gasteiger charge is 2.59. The van der Waals surface area contributed by atoms with E-state index in [9.17, 15) is 14.7 Å². The molecule has 1 N–H and O–H groups in total. The van der Waals surface area contributed by atoms with Gasteiger partial charge in [0.2, 0.25) is 5.91 Å². The summed E-state index contributed by atoms with van der Waals surface area (Å²) < 4.78 is 0. The number of carbonyl (C=O) groups is 2. The van der Waals surface area contributed by atoms with E-state index in [0.29, 0.717) is 48.7 Å². The van der Waals surface area contributed by atoms with Gasteiger partial charge in [0.25, 0.3) is 0 Å².